The van der Waals surface area contributed by atoms with E-state index in [1.807, 2.05) is 13.2 Å². The van der Waals surface area contributed by atoms with Gasteiger partial charge in [-0.3, -0.25) is 9.59 Å². The fourth-order valence-electron chi connectivity index (χ4n) is 2.77. The Morgan fingerprint density at radius 3 is 2.82 bits per heavy atom. The summed E-state index contributed by atoms with van der Waals surface area (Å²) in [5, 5.41) is 7.67. The van der Waals surface area contributed by atoms with Crippen LogP contribution in [0.1, 0.15) is 35.7 Å². The molecule has 28 heavy (non-hydrogen) atoms. The van der Waals surface area contributed by atoms with Crippen molar-refractivity contribution in [3.63, 3.8) is 0 Å². The quantitative estimate of drug-likeness (QED) is 0.471. The topological polar surface area (TPSA) is 112 Å². The van der Waals surface area contributed by atoms with Gasteiger partial charge in [0.1, 0.15) is 5.76 Å². The van der Waals surface area contributed by atoms with Crippen LogP contribution in [0.2, 0.25) is 0 Å². The number of esters is 1. The van der Waals surface area contributed by atoms with Crippen molar-refractivity contribution in [1.82, 2.24) is 24.9 Å². The van der Waals surface area contributed by atoms with E-state index in [1.54, 1.807) is 30.5 Å². The zero-order valence-electron chi connectivity index (χ0n) is 16.1. The number of carbonyl (C=O) groups is 2. The van der Waals surface area contributed by atoms with Gasteiger partial charge in [0.2, 0.25) is 5.16 Å². The van der Waals surface area contributed by atoms with E-state index in [-0.39, 0.29) is 19.1 Å². The maximum atomic E-state index is 12.2. The molecule has 9 nitrogen and oxygen atoms in total. The molecule has 10 heteroatoms. The number of rotatable bonds is 7. The first kappa shape index (κ1) is 19.9. The summed E-state index contributed by atoms with van der Waals surface area (Å²) in [6, 6.07) is 3.19. The van der Waals surface area contributed by atoms with Gasteiger partial charge < -0.3 is 14.5 Å². The van der Waals surface area contributed by atoms with Crippen LogP contribution in [0, 0.1) is 13.8 Å². The average molecular weight is 403 g/mol. The lowest BCUT2D eigenvalue weighted by atomic mass is 10.1. The van der Waals surface area contributed by atoms with Crippen molar-refractivity contribution in [1.29, 1.82) is 0 Å². The molecule has 0 unspecified atom stereocenters. The van der Waals surface area contributed by atoms with Crippen molar-refractivity contribution < 1.29 is 18.7 Å². The molecule has 0 aliphatic rings. The molecule has 3 aromatic heterocycles. The van der Waals surface area contributed by atoms with Crippen molar-refractivity contribution in [3.8, 4) is 0 Å². The zero-order chi connectivity index (χ0) is 20.3. The molecule has 0 spiro atoms. The fraction of sp³-hybridized carbons (Fsp3) is 0.389. The van der Waals surface area contributed by atoms with Crippen molar-refractivity contribution in [2.75, 3.05) is 12.9 Å². The van der Waals surface area contributed by atoms with Gasteiger partial charge in [0.25, 0.3) is 11.7 Å². The largest absolute Gasteiger partial charge is 0.467 e. The predicted molar refractivity (Wildman–Crippen MR) is 102 cm³/mol. The number of amides is 1. The van der Waals surface area contributed by atoms with Gasteiger partial charge >= 0.3 is 5.97 Å². The molecule has 1 amide bonds. The SMILES string of the molecule is CSc1nc2nc(C)c(CC(=O)OCC(=O)N[C@H](C)c3ccco3)c(C)n2n1. The highest BCUT2D eigenvalue weighted by Crippen LogP contribution is 2.17. The Bertz CT molecular complexity index is 999. The van der Waals surface area contributed by atoms with Gasteiger partial charge in [-0.1, -0.05) is 11.8 Å². The van der Waals surface area contributed by atoms with Crippen LogP contribution in [0.15, 0.2) is 28.0 Å². The number of nitrogens with one attached hydrogen (secondary N) is 1. The summed E-state index contributed by atoms with van der Waals surface area (Å²) in [5.41, 5.74) is 2.15. The maximum Gasteiger partial charge on any atom is 0.310 e. The Balaban J connectivity index is 1.61. The first-order chi connectivity index (χ1) is 13.4. The van der Waals surface area contributed by atoms with Gasteiger partial charge in [-0.15, -0.1) is 5.10 Å². The number of aryl methyl sites for hydroxylation is 2. The van der Waals surface area contributed by atoms with E-state index in [1.165, 1.54) is 18.0 Å². The van der Waals surface area contributed by atoms with Crippen molar-refractivity contribution in [2.24, 2.45) is 0 Å². The van der Waals surface area contributed by atoms with E-state index >= 15 is 0 Å². The summed E-state index contributed by atoms with van der Waals surface area (Å²) in [6.07, 6.45) is 3.41. The van der Waals surface area contributed by atoms with Crippen LogP contribution < -0.4 is 5.32 Å². The van der Waals surface area contributed by atoms with Crippen LogP contribution in [0.25, 0.3) is 5.78 Å². The van der Waals surface area contributed by atoms with E-state index in [2.05, 4.69) is 20.4 Å². The van der Waals surface area contributed by atoms with E-state index < -0.39 is 11.9 Å². The highest BCUT2D eigenvalue weighted by molar-refractivity contribution is 7.98. The number of fused-ring (bicyclic) bond motifs is 1. The van der Waals surface area contributed by atoms with Crippen molar-refractivity contribution in [2.45, 2.75) is 38.4 Å². The molecule has 1 N–H and O–H groups in total. The van der Waals surface area contributed by atoms with Crippen LogP contribution in [-0.4, -0.2) is 44.3 Å². The summed E-state index contributed by atoms with van der Waals surface area (Å²) in [5.74, 6) is 0.198. The number of hydrogen-bond acceptors (Lipinski definition) is 8. The normalized spacial score (nSPS) is 12.1. The molecular weight excluding hydrogens is 382 g/mol. The minimum absolute atomic E-state index is 0.00388. The molecule has 148 valence electrons. The maximum absolute atomic E-state index is 12.2. The van der Waals surface area contributed by atoms with Crippen LogP contribution in [0.5, 0.6) is 0 Å². The van der Waals surface area contributed by atoms with Gasteiger partial charge in [0, 0.05) is 17.0 Å². The second-order valence-corrected chi connectivity index (χ2v) is 6.99. The van der Waals surface area contributed by atoms with Gasteiger partial charge in [-0.05, 0) is 39.2 Å². The molecule has 0 radical (unpaired) electrons. The van der Waals surface area contributed by atoms with Crippen molar-refractivity contribution in [3.05, 3.63) is 41.1 Å². The summed E-state index contributed by atoms with van der Waals surface area (Å²) in [6.45, 7) is 5.08. The summed E-state index contributed by atoms with van der Waals surface area (Å²) < 4.78 is 12.0. The molecule has 1 atom stereocenters. The molecule has 0 bridgehead atoms. The average Bonchev–Trinajstić information content (AvgIpc) is 3.33. The molecule has 0 aliphatic heterocycles. The molecule has 3 heterocycles. The molecule has 0 aromatic carbocycles. The third kappa shape index (κ3) is 4.33. The molecule has 0 fully saturated rings. The summed E-state index contributed by atoms with van der Waals surface area (Å²) in [7, 11) is 0. The second kappa shape index (κ2) is 8.42. The van der Waals surface area contributed by atoms with E-state index in [0.717, 1.165) is 5.69 Å². The lowest BCUT2D eigenvalue weighted by molar-refractivity contribution is -0.148. The minimum Gasteiger partial charge on any atom is -0.467 e. The smallest absolute Gasteiger partial charge is 0.310 e. The molecule has 3 rings (SSSR count). The van der Waals surface area contributed by atoms with E-state index in [4.69, 9.17) is 9.15 Å². The standard InChI is InChI=1S/C18H21N5O4S/c1-10-13(12(3)23-17(20-10)21-18(22-23)28-4)8-16(25)27-9-15(24)19-11(2)14-6-5-7-26-14/h5-7,11H,8-9H2,1-4H3,(H,19,24)/t11-/m1/s1. The van der Waals surface area contributed by atoms with Crippen molar-refractivity contribution >= 4 is 29.4 Å². The number of aromatic nitrogens is 4. The Hall–Kier alpha value is -2.88. The second-order valence-electron chi connectivity index (χ2n) is 6.21. The zero-order valence-corrected chi connectivity index (χ0v) is 16.9. The number of furan rings is 1. The number of hydrogen-bond donors (Lipinski definition) is 1. The van der Waals surface area contributed by atoms with E-state index in [0.29, 0.717) is 28.0 Å². The Morgan fingerprint density at radius 1 is 1.36 bits per heavy atom. The monoisotopic (exact) mass is 403 g/mol. The third-order valence-electron chi connectivity index (χ3n) is 4.24. The van der Waals surface area contributed by atoms with Crippen LogP contribution in [0.3, 0.4) is 0 Å². The Labute approximate surface area is 165 Å². The Morgan fingerprint density at radius 2 is 2.14 bits per heavy atom. The minimum atomic E-state index is -0.515. The summed E-state index contributed by atoms with van der Waals surface area (Å²) >= 11 is 1.42. The number of carbonyl (C=O) groups excluding carboxylic acids is 2. The van der Waals surface area contributed by atoms with Crippen LogP contribution >= 0.6 is 11.8 Å². The van der Waals surface area contributed by atoms with Gasteiger partial charge in [-0.25, -0.2) is 9.50 Å². The van der Waals surface area contributed by atoms with Gasteiger partial charge in [0.05, 0.1) is 18.7 Å². The highest BCUT2D eigenvalue weighted by atomic mass is 32.2. The summed E-state index contributed by atoms with van der Waals surface area (Å²) in [4.78, 5) is 32.9. The Kier molecular flexibility index (Phi) is 5.98. The molecule has 0 saturated heterocycles. The van der Waals surface area contributed by atoms with Crippen LogP contribution in [-0.2, 0) is 20.7 Å². The molecular formula is C18H21N5O4S. The first-order valence-corrected chi connectivity index (χ1v) is 9.86. The lowest BCUT2D eigenvalue weighted by Crippen LogP contribution is -2.31. The number of thioether (sulfide) groups is 1. The highest BCUT2D eigenvalue weighted by Gasteiger charge is 2.18. The van der Waals surface area contributed by atoms with Crippen LogP contribution in [0.4, 0.5) is 0 Å². The fourth-order valence-corrected chi connectivity index (χ4v) is 3.10. The van der Waals surface area contributed by atoms with Gasteiger partial charge in [0.15, 0.2) is 6.61 Å². The predicted octanol–water partition coefficient (Wildman–Crippen LogP) is 2.02. The molecule has 0 aliphatic carbocycles. The van der Waals surface area contributed by atoms with E-state index in [9.17, 15) is 9.59 Å². The first-order valence-electron chi connectivity index (χ1n) is 8.64. The number of nitrogens with zero attached hydrogens (tertiary/aromatic N) is 4. The molecule has 3 aromatic rings. The third-order valence-corrected chi connectivity index (χ3v) is 4.78. The number of ether oxygens (including phenoxy) is 1. The van der Waals surface area contributed by atoms with Gasteiger partial charge in [-0.2, -0.15) is 4.98 Å². The molecule has 0 saturated carbocycles. The lowest BCUT2D eigenvalue weighted by Gasteiger charge is -2.12.